The van der Waals surface area contributed by atoms with E-state index in [0.29, 0.717) is 11.4 Å². The van der Waals surface area contributed by atoms with E-state index in [0.717, 1.165) is 6.07 Å². The van der Waals surface area contributed by atoms with Gasteiger partial charge in [0.15, 0.2) is 0 Å². The summed E-state index contributed by atoms with van der Waals surface area (Å²) in [6.07, 6.45) is -4.44. The van der Waals surface area contributed by atoms with E-state index in [1.165, 1.54) is 18.2 Å². The SMILES string of the molecule is Nc1ccc(OCCOc2ccccc2C(F)(F)F)cc1. The van der Waals surface area contributed by atoms with Gasteiger partial charge in [0.05, 0.1) is 5.56 Å². The average molecular weight is 297 g/mol. The van der Waals surface area contributed by atoms with E-state index in [2.05, 4.69) is 0 Å². The molecule has 0 amide bonds. The second-order valence-corrected chi connectivity index (χ2v) is 4.26. The standard InChI is InChI=1S/C15H14F3NO2/c16-15(17,18)13-3-1-2-4-14(13)21-10-9-20-12-7-5-11(19)6-8-12/h1-8H,9-10,19H2. The van der Waals surface area contributed by atoms with E-state index in [4.69, 9.17) is 15.2 Å². The van der Waals surface area contributed by atoms with Gasteiger partial charge in [0.1, 0.15) is 24.7 Å². The van der Waals surface area contributed by atoms with Crippen LogP contribution in [0.1, 0.15) is 5.56 Å². The molecule has 0 atom stereocenters. The van der Waals surface area contributed by atoms with Gasteiger partial charge >= 0.3 is 6.18 Å². The van der Waals surface area contributed by atoms with Crippen LogP contribution in [-0.2, 0) is 6.18 Å². The molecule has 21 heavy (non-hydrogen) atoms. The Balaban J connectivity index is 1.88. The molecule has 6 heteroatoms. The quantitative estimate of drug-likeness (QED) is 0.675. The topological polar surface area (TPSA) is 44.5 Å². The fraction of sp³-hybridized carbons (Fsp3) is 0.200. The summed E-state index contributed by atoms with van der Waals surface area (Å²) in [5.74, 6) is 0.378. The maximum atomic E-state index is 12.7. The minimum atomic E-state index is -4.44. The van der Waals surface area contributed by atoms with Gasteiger partial charge < -0.3 is 15.2 Å². The zero-order valence-electron chi connectivity index (χ0n) is 11.1. The first-order valence-electron chi connectivity index (χ1n) is 6.24. The lowest BCUT2D eigenvalue weighted by atomic mass is 10.2. The van der Waals surface area contributed by atoms with Gasteiger partial charge in [-0.2, -0.15) is 13.2 Å². The van der Waals surface area contributed by atoms with Gasteiger partial charge in [-0.05, 0) is 36.4 Å². The third kappa shape index (κ3) is 4.30. The molecule has 2 aromatic carbocycles. The number of ether oxygens (including phenoxy) is 2. The summed E-state index contributed by atoms with van der Waals surface area (Å²) >= 11 is 0. The lowest BCUT2D eigenvalue weighted by Gasteiger charge is -2.14. The van der Waals surface area contributed by atoms with Crippen molar-refractivity contribution in [2.75, 3.05) is 18.9 Å². The average Bonchev–Trinajstić information content (AvgIpc) is 2.45. The van der Waals surface area contributed by atoms with Crippen molar-refractivity contribution in [3.8, 4) is 11.5 Å². The predicted molar refractivity (Wildman–Crippen MR) is 73.3 cm³/mol. The van der Waals surface area contributed by atoms with Crippen LogP contribution in [0.5, 0.6) is 11.5 Å². The van der Waals surface area contributed by atoms with Crippen LogP contribution >= 0.6 is 0 Å². The van der Waals surface area contributed by atoms with Crippen LogP contribution in [0.25, 0.3) is 0 Å². The van der Waals surface area contributed by atoms with E-state index < -0.39 is 11.7 Å². The van der Waals surface area contributed by atoms with E-state index in [-0.39, 0.29) is 19.0 Å². The molecule has 0 spiro atoms. The summed E-state index contributed by atoms with van der Waals surface area (Å²) in [4.78, 5) is 0. The third-order valence-electron chi connectivity index (χ3n) is 2.68. The highest BCUT2D eigenvalue weighted by Gasteiger charge is 2.33. The van der Waals surface area contributed by atoms with Crippen molar-refractivity contribution >= 4 is 5.69 Å². The molecule has 0 bridgehead atoms. The molecule has 0 heterocycles. The molecule has 0 saturated carbocycles. The number of hydrogen-bond donors (Lipinski definition) is 1. The Kier molecular flexibility index (Phi) is 4.57. The van der Waals surface area contributed by atoms with Crippen molar-refractivity contribution in [2.24, 2.45) is 0 Å². The van der Waals surface area contributed by atoms with Crippen LogP contribution in [0.2, 0.25) is 0 Å². The highest BCUT2D eigenvalue weighted by Crippen LogP contribution is 2.35. The second-order valence-electron chi connectivity index (χ2n) is 4.26. The minimum Gasteiger partial charge on any atom is -0.490 e. The Morgan fingerprint density at radius 1 is 0.857 bits per heavy atom. The molecule has 0 aliphatic carbocycles. The molecule has 2 rings (SSSR count). The lowest BCUT2D eigenvalue weighted by Crippen LogP contribution is -2.13. The highest BCUT2D eigenvalue weighted by molar-refractivity contribution is 5.41. The number of rotatable bonds is 5. The molecule has 0 aromatic heterocycles. The van der Waals surface area contributed by atoms with Crippen LogP contribution in [0.4, 0.5) is 18.9 Å². The van der Waals surface area contributed by atoms with Gasteiger partial charge in [-0.15, -0.1) is 0 Å². The van der Waals surface area contributed by atoms with Crippen molar-refractivity contribution in [2.45, 2.75) is 6.18 Å². The first-order valence-corrected chi connectivity index (χ1v) is 6.24. The van der Waals surface area contributed by atoms with Gasteiger partial charge in [-0.3, -0.25) is 0 Å². The zero-order chi connectivity index (χ0) is 15.3. The molecule has 0 saturated heterocycles. The maximum Gasteiger partial charge on any atom is 0.419 e. The highest BCUT2D eigenvalue weighted by atomic mass is 19.4. The Morgan fingerprint density at radius 2 is 1.48 bits per heavy atom. The summed E-state index contributed by atoms with van der Waals surface area (Å²) < 4.78 is 48.7. The van der Waals surface area contributed by atoms with Crippen LogP contribution in [0, 0.1) is 0 Å². The summed E-state index contributed by atoms with van der Waals surface area (Å²) in [7, 11) is 0. The Bertz CT molecular complexity index is 582. The van der Waals surface area contributed by atoms with E-state index in [9.17, 15) is 13.2 Å². The zero-order valence-corrected chi connectivity index (χ0v) is 11.1. The number of benzene rings is 2. The fourth-order valence-electron chi connectivity index (χ4n) is 1.70. The van der Waals surface area contributed by atoms with Crippen molar-refractivity contribution in [1.29, 1.82) is 0 Å². The van der Waals surface area contributed by atoms with E-state index >= 15 is 0 Å². The van der Waals surface area contributed by atoms with Gasteiger partial charge in [0.2, 0.25) is 0 Å². The maximum absolute atomic E-state index is 12.7. The summed E-state index contributed by atoms with van der Waals surface area (Å²) in [6, 6.07) is 11.8. The fourth-order valence-corrected chi connectivity index (χ4v) is 1.70. The first-order chi connectivity index (χ1) is 9.97. The number of halogens is 3. The number of nitrogen functional groups attached to an aromatic ring is 1. The molecular weight excluding hydrogens is 283 g/mol. The van der Waals surface area contributed by atoms with Crippen molar-refractivity contribution < 1.29 is 22.6 Å². The van der Waals surface area contributed by atoms with Gasteiger partial charge in [-0.1, -0.05) is 12.1 Å². The van der Waals surface area contributed by atoms with Crippen molar-refractivity contribution in [1.82, 2.24) is 0 Å². The number of alkyl halides is 3. The predicted octanol–water partition coefficient (Wildman–Crippen LogP) is 3.75. The molecule has 2 N–H and O–H groups in total. The number of anilines is 1. The van der Waals surface area contributed by atoms with Crippen LogP contribution in [-0.4, -0.2) is 13.2 Å². The number of para-hydroxylation sites is 1. The molecule has 0 fully saturated rings. The Labute approximate surface area is 120 Å². The Morgan fingerprint density at radius 3 is 2.14 bits per heavy atom. The van der Waals surface area contributed by atoms with Gasteiger partial charge in [-0.25, -0.2) is 0 Å². The molecule has 0 radical (unpaired) electrons. The monoisotopic (exact) mass is 297 g/mol. The number of hydrogen-bond acceptors (Lipinski definition) is 3. The molecule has 0 aliphatic rings. The Hall–Kier alpha value is -2.37. The first kappa shape index (κ1) is 15.0. The summed E-state index contributed by atoms with van der Waals surface area (Å²) in [5.41, 5.74) is 5.34. The van der Waals surface area contributed by atoms with Crippen LogP contribution in [0.15, 0.2) is 48.5 Å². The molecule has 0 aliphatic heterocycles. The lowest BCUT2D eigenvalue weighted by molar-refractivity contribution is -0.139. The minimum absolute atomic E-state index is 0.0114. The largest absolute Gasteiger partial charge is 0.490 e. The molecule has 112 valence electrons. The van der Waals surface area contributed by atoms with Crippen molar-refractivity contribution in [3.05, 3.63) is 54.1 Å². The van der Waals surface area contributed by atoms with Gasteiger partial charge in [0, 0.05) is 5.69 Å². The molecular formula is C15H14F3NO2. The summed E-state index contributed by atoms with van der Waals surface area (Å²) in [6.45, 7) is 0.146. The summed E-state index contributed by atoms with van der Waals surface area (Å²) in [5, 5.41) is 0. The van der Waals surface area contributed by atoms with Crippen LogP contribution in [0.3, 0.4) is 0 Å². The van der Waals surface area contributed by atoms with Crippen molar-refractivity contribution in [3.63, 3.8) is 0 Å². The van der Waals surface area contributed by atoms with E-state index in [1.54, 1.807) is 24.3 Å². The number of nitrogens with two attached hydrogens (primary N) is 1. The van der Waals surface area contributed by atoms with Gasteiger partial charge in [0.25, 0.3) is 0 Å². The molecule has 3 nitrogen and oxygen atoms in total. The molecule has 2 aromatic rings. The van der Waals surface area contributed by atoms with Crippen LogP contribution < -0.4 is 15.2 Å². The molecule has 0 unspecified atom stereocenters. The smallest absolute Gasteiger partial charge is 0.419 e. The second kappa shape index (κ2) is 6.39. The third-order valence-corrected chi connectivity index (χ3v) is 2.68. The van der Waals surface area contributed by atoms with E-state index in [1.807, 2.05) is 0 Å². The normalized spacial score (nSPS) is 11.2.